The first-order valence-corrected chi connectivity index (χ1v) is 33.2. The van der Waals surface area contributed by atoms with Gasteiger partial charge in [0.15, 0.2) is 5.69 Å². The maximum atomic E-state index is 8.35. The summed E-state index contributed by atoms with van der Waals surface area (Å²) in [7, 11) is 0. The minimum absolute atomic E-state index is 0.0952. The summed E-state index contributed by atoms with van der Waals surface area (Å²) in [5.41, 5.74) is 30.9. The Morgan fingerprint density at radius 1 is 0.237 bits per heavy atom. The van der Waals surface area contributed by atoms with Gasteiger partial charge >= 0.3 is 0 Å². The molecule has 450 valence electrons. The van der Waals surface area contributed by atoms with Crippen LogP contribution in [0.2, 0.25) is 0 Å². The second-order valence-electron chi connectivity index (χ2n) is 25.4. The van der Waals surface area contributed by atoms with Crippen LogP contribution >= 0.6 is 0 Å². The molecular formula is C91H58BN5. The van der Waals surface area contributed by atoms with Crippen molar-refractivity contribution >= 4 is 107 Å². The van der Waals surface area contributed by atoms with E-state index in [9.17, 15) is 0 Å². The Bertz CT molecular complexity index is 5680. The maximum Gasteiger partial charge on any atom is 0.252 e. The molecule has 0 amide bonds. The van der Waals surface area contributed by atoms with Crippen LogP contribution in [-0.2, 0) is 0 Å². The van der Waals surface area contributed by atoms with Gasteiger partial charge in [0.2, 0.25) is 0 Å². The van der Waals surface area contributed by atoms with Crippen molar-refractivity contribution in [1.82, 2.24) is 9.13 Å². The summed E-state index contributed by atoms with van der Waals surface area (Å²) in [4.78, 5) is 9.17. The zero-order valence-corrected chi connectivity index (χ0v) is 52.8. The molecule has 0 aliphatic carbocycles. The van der Waals surface area contributed by atoms with Crippen molar-refractivity contribution in [1.29, 1.82) is 0 Å². The molecule has 0 radical (unpaired) electrons. The molecule has 2 aliphatic heterocycles. The molecule has 2 aromatic heterocycles. The molecule has 4 heterocycles. The van der Waals surface area contributed by atoms with Crippen LogP contribution in [0.5, 0.6) is 0 Å². The molecule has 5 nitrogen and oxygen atoms in total. The largest absolute Gasteiger partial charge is 0.311 e. The minimum Gasteiger partial charge on any atom is -0.311 e. The summed E-state index contributed by atoms with van der Waals surface area (Å²) in [6.45, 7) is 8.25. The average molecular weight is 1230 g/mol. The summed E-state index contributed by atoms with van der Waals surface area (Å²) >= 11 is 0. The highest BCUT2D eigenvalue weighted by Crippen LogP contribution is 2.50. The second-order valence-corrected chi connectivity index (χ2v) is 25.4. The monoisotopic (exact) mass is 1230 g/mol. The standard InChI is InChI=1S/C91H58BN5/c1-93-70-47-49-86(96-81-40-20-14-34-73(81)74-35-15-21-41-82(74)96)78(59-70)76-37-17-23-43-84(76)97-83-42-22-16-36-75(83)77-56-64(46-48-85(77)97)69-57-89-91-90(58-69)95(72-54-67(62-30-10-4-11-31-62)51-68(55-72)63-32-12-5-13-33-63)88-45-25-19-39-80(88)92(91)79-38-18-24-44-87(79)94(89)71-52-65(60-26-6-2-7-27-60)50-66(53-71)61-28-8-3-9-29-61/h2-59H. The summed E-state index contributed by atoms with van der Waals surface area (Å²) in [5.74, 6) is 0. The van der Waals surface area contributed by atoms with Crippen molar-refractivity contribution in [3.05, 3.63) is 363 Å². The Kier molecular flexibility index (Phi) is 13.0. The fraction of sp³-hybridized carbons (Fsp3) is 0. The first-order valence-electron chi connectivity index (χ1n) is 33.2. The number of aromatic nitrogens is 2. The lowest BCUT2D eigenvalue weighted by Gasteiger charge is -2.44. The third-order valence-electron chi connectivity index (χ3n) is 20.0. The Labute approximate surface area is 563 Å². The van der Waals surface area contributed by atoms with E-state index in [1.165, 1.54) is 27.2 Å². The highest BCUT2D eigenvalue weighted by molar-refractivity contribution is 7.00. The lowest BCUT2D eigenvalue weighted by atomic mass is 9.33. The first kappa shape index (κ1) is 55.7. The van der Waals surface area contributed by atoms with E-state index in [4.69, 9.17) is 6.57 Å². The third kappa shape index (κ3) is 9.09. The van der Waals surface area contributed by atoms with Crippen molar-refractivity contribution in [2.24, 2.45) is 0 Å². The van der Waals surface area contributed by atoms with E-state index in [1.807, 2.05) is 6.07 Å². The highest BCUT2D eigenvalue weighted by Gasteiger charge is 2.44. The first-order chi connectivity index (χ1) is 48.1. The predicted octanol–water partition coefficient (Wildman–Crippen LogP) is 22.5. The van der Waals surface area contributed by atoms with Crippen LogP contribution in [0.15, 0.2) is 352 Å². The Morgan fingerprint density at radius 2 is 0.608 bits per heavy atom. The average Bonchev–Trinajstić information content (AvgIpc) is 1.09. The summed E-state index contributed by atoms with van der Waals surface area (Å²) < 4.78 is 4.82. The van der Waals surface area contributed by atoms with Gasteiger partial charge in [0.1, 0.15) is 0 Å². The fourth-order valence-electron chi connectivity index (χ4n) is 15.8. The van der Waals surface area contributed by atoms with Gasteiger partial charge in [0, 0.05) is 61.2 Å². The molecule has 15 aromatic carbocycles. The minimum atomic E-state index is -0.0952. The second kappa shape index (κ2) is 22.7. The van der Waals surface area contributed by atoms with E-state index in [1.54, 1.807) is 0 Å². The third-order valence-corrected chi connectivity index (χ3v) is 20.0. The SMILES string of the molecule is [C-]#[N+]c1ccc(-n2c3ccccc3c3ccccc32)c(-c2ccccc2-n2c3ccccc3c3cc(-c4cc5c6c(c4)N(c4cc(-c7ccccc7)cc(-c7ccccc7)c4)c4ccccc4B6c4ccccc4N5c4cc(-c5ccccc5)cc(-c5ccccc5)c4)ccc32)c1. The number of anilines is 6. The van der Waals surface area contributed by atoms with Crippen LogP contribution in [0, 0.1) is 6.57 Å². The topological polar surface area (TPSA) is 20.7 Å². The number of para-hydroxylation sites is 6. The van der Waals surface area contributed by atoms with Crippen LogP contribution in [0.3, 0.4) is 0 Å². The van der Waals surface area contributed by atoms with Gasteiger partial charge < -0.3 is 18.9 Å². The van der Waals surface area contributed by atoms with E-state index < -0.39 is 0 Å². The zero-order chi connectivity index (χ0) is 64.1. The summed E-state index contributed by atoms with van der Waals surface area (Å²) in [5, 5.41) is 4.66. The molecule has 2 aliphatic rings. The predicted molar refractivity (Wildman–Crippen MR) is 408 cm³/mol. The number of rotatable bonds is 10. The normalized spacial score (nSPS) is 12.3. The van der Waals surface area contributed by atoms with Crippen LogP contribution < -0.4 is 26.2 Å². The van der Waals surface area contributed by atoms with Crippen molar-refractivity contribution in [2.75, 3.05) is 9.80 Å². The van der Waals surface area contributed by atoms with Crippen LogP contribution in [0.25, 0.3) is 127 Å². The van der Waals surface area contributed by atoms with Crippen LogP contribution in [0.4, 0.5) is 39.8 Å². The van der Waals surface area contributed by atoms with Gasteiger partial charge in [-0.15, -0.1) is 0 Å². The summed E-state index contributed by atoms with van der Waals surface area (Å²) in [6, 6.07) is 129. The Hall–Kier alpha value is -12.9. The van der Waals surface area contributed by atoms with Crippen molar-refractivity contribution in [2.45, 2.75) is 0 Å². The van der Waals surface area contributed by atoms with E-state index in [2.05, 4.69) is 370 Å². The molecule has 19 rings (SSSR count). The molecule has 0 spiro atoms. The quantitative estimate of drug-likeness (QED) is 0.100. The number of hydrogen-bond donors (Lipinski definition) is 0. The molecule has 0 bridgehead atoms. The molecule has 0 unspecified atom stereocenters. The number of benzene rings is 15. The van der Waals surface area contributed by atoms with Gasteiger partial charge in [-0.1, -0.05) is 243 Å². The van der Waals surface area contributed by atoms with E-state index in [-0.39, 0.29) is 6.71 Å². The Balaban J connectivity index is 0.868. The van der Waals surface area contributed by atoms with Crippen molar-refractivity contribution in [3.8, 4) is 78.1 Å². The summed E-state index contributed by atoms with van der Waals surface area (Å²) in [6.07, 6.45) is 0. The van der Waals surface area contributed by atoms with Crippen LogP contribution in [-0.4, -0.2) is 15.8 Å². The van der Waals surface area contributed by atoms with Gasteiger partial charge in [-0.2, -0.15) is 0 Å². The lowest BCUT2D eigenvalue weighted by molar-refractivity contribution is 1.16. The smallest absolute Gasteiger partial charge is 0.252 e. The highest BCUT2D eigenvalue weighted by atomic mass is 15.2. The van der Waals surface area contributed by atoms with Gasteiger partial charge in [0.05, 0.1) is 40.0 Å². The number of hydrogen-bond acceptors (Lipinski definition) is 2. The molecule has 17 aromatic rings. The molecule has 97 heavy (non-hydrogen) atoms. The fourth-order valence-corrected chi connectivity index (χ4v) is 15.8. The lowest BCUT2D eigenvalue weighted by Crippen LogP contribution is -2.61. The molecule has 6 heteroatoms. The molecule has 0 atom stereocenters. The van der Waals surface area contributed by atoms with E-state index in [0.29, 0.717) is 5.69 Å². The maximum absolute atomic E-state index is 8.35. The molecular weight excluding hydrogens is 1170 g/mol. The van der Waals surface area contributed by atoms with Crippen molar-refractivity contribution in [3.63, 3.8) is 0 Å². The Morgan fingerprint density at radius 3 is 1.07 bits per heavy atom. The van der Waals surface area contributed by atoms with Gasteiger partial charge in [-0.3, -0.25) is 0 Å². The number of fused-ring (bicyclic) bond motifs is 10. The van der Waals surface area contributed by atoms with Gasteiger partial charge in [-0.25, -0.2) is 4.85 Å². The molecule has 0 saturated carbocycles. The van der Waals surface area contributed by atoms with E-state index >= 15 is 0 Å². The van der Waals surface area contributed by atoms with Crippen LogP contribution in [0.1, 0.15) is 0 Å². The zero-order valence-electron chi connectivity index (χ0n) is 52.8. The van der Waals surface area contributed by atoms with Crippen molar-refractivity contribution < 1.29 is 0 Å². The number of nitrogens with zero attached hydrogens (tertiary/aromatic N) is 5. The van der Waals surface area contributed by atoms with Gasteiger partial charge in [-0.05, 0) is 187 Å². The molecule has 0 N–H and O–H groups in total. The molecule has 0 saturated heterocycles. The molecule has 0 fully saturated rings. The van der Waals surface area contributed by atoms with Gasteiger partial charge in [0.25, 0.3) is 6.71 Å². The van der Waals surface area contributed by atoms with E-state index in [0.717, 1.165) is 145 Å².